The average molecular weight is 317 g/mol. The normalized spacial score (nSPS) is 12.3. The summed E-state index contributed by atoms with van der Waals surface area (Å²) in [4.78, 5) is 9.69. The van der Waals surface area contributed by atoms with E-state index in [-0.39, 0.29) is 5.69 Å². The van der Waals surface area contributed by atoms with Crippen LogP contribution in [0.4, 0.5) is 33.6 Å². The van der Waals surface area contributed by atoms with Gasteiger partial charge in [-0.25, -0.2) is 0 Å². The first-order valence-corrected chi connectivity index (χ1v) is 5.73. The van der Waals surface area contributed by atoms with Crippen molar-refractivity contribution in [3.05, 3.63) is 47.8 Å². The van der Waals surface area contributed by atoms with Crippen LogP contribution < -0.4 is 11.1 Å². The Morgan fingerprint density at radius 2 is 1.68 bits per heavy atom. The topological polar surface area (TPSA) is 76.2 Å². The van der Waals surface area contributed by atoms with Crippen molar-refractivity contribution in [2.24, 2.45) is 10.7 Å². The number of nitrogens with one attached hydrogen (secondary N) is 1. The van der Waals surface area contributed by atoms with Crippen LogP contribution in [-0.2, 0) is 6.18 Å². The second-order valence-electron chi connectivity index (χ2n) is 3.98. The fraction of sp³-hybridized carbons (Fsp3) is 0.0833. The molecular weight excluding hydrogens is 309 g/mol. The summed E-state index contributed by atoms with van der Waals surface area (Å²) in [6, 6.07) is 4.93. The summed E-state index contributed by atoms with van der Waals surface area (Å²) in [7, 11) is 0. The molecule has 116 valence electrons. The van der Waals surface area contributed by atoms with Gasteiger partial charge in [0.2, 0.25) is 17.9 Å². The third-order valence-electron chi connectivity index (χ3n) is 2.37. The van der Waals surface area contributed by atoms with Gasteiger partial charge in [-0.15, -0.1) is 0 Å². The molecule has 2 rings (SSSR count). The highest BCUT2D eigenvalue weighted by atomic mass is 19.4. The molecule has 22 heavy (non-hydrogen) atoms. The molecule has 0 unspecified atom stereocenters. The van der Waals surface area contributed by atoms with Crippen LogP contribution in [0.5, 0.6) is 0 Å². The largest absolute Gasteiger partial charge is 0.418 e. The summed E-state index contributed by atoms with van der Waals surface area (Å²) in [5.74, 6) is -3.59. The summed E-state index contributed by atoms with van der Waals surface area (Å²) in [6.07, 6.45) is -4.61. The molecule has 0 atom stereocenters. The number of rotatable bonds is 2. The zero-order valence-corrected chi connectivity index (χ0v) is 10.7. The Hall–Kier alpha value is -2.78. The number of benzene rings is 1. The summed E-state index contributed by atoms with van der Waals surface area (Å²) < 4.78 is 64.1. The molecule has 3 N–H and O–H groups in total. The number of hydrogen-bond donors (Lipinski definition) is 2. The maximum absolute atomic E-state index is 12.9. The third-order valence-corrected chi connectivity index (χ3v) is 2.37. The number of anilines is 1. The van der Waals surface area contributed by atoms with Gasteiger partial charge in [0.15, 0.2) is 0 Å². The number of halogens is 5. The molecule has 0 aliphatic heterocycles. The van der Waals surface area contributed by atoms with Gasteiger partial charge in [0.1, 0.15) is 0 Å². The molecule has 5 nitrogen and oxygen atoms in total. The minimum Gasteiger partial charge on any atom is -0.369 e. The Morgan fingerprint density at radius 3 is 2.27 bits per heavy atom. The van der Waals surface area contributed by atoms with Crippen molar-refractivity contribution in [2.45, 2.75) is 6.18 Å². The molecule has 0 radical (unpaired) electrons. The quantitative estimate of drug-likeness (QED) is 0.386. The first-order valence-electron chi connectivity index (χ1n) is 5.73. The maximum atomic E-state index is 12.9. The second kappa shape index (κ2) is 5.92. The number of alkyl halides is 3. The fourth-order valence-corrected chi connectivity index (χ4v) is 1.54. The summed E-state index contributed by atoms with van der Waals surface area (Å²) in [6.45, 7) is 0. The van der Waals surface area contributed by atoms with E-state index in [9.17, 15) is 22.0 Å². The molecule has 0 amide bonds. The number of hydrogen-bond acceptors (Lipinski definition) is 3. The lowest BCUT2D eigenvalue weighted by Gasteiger charge is -2.13. The van der Waals surface area contributed by atoms with Crippen molar-refractivity contribution < 1.29 is 22.0 Å². The average Bonchev–Trinajstić information content (AvgIpc) is 2.36. The number of nitrogens with two attached hydrogens (primary N) is 1. The Labute approximate surface area is 120 Å². The molecular formula is C12H8F5N5. The van der Waals surface area contributed by atoms with Crippen molar-refractivity contribution in [3.63, 3.8) is 0 Å². The molecule has 2 aromatic rings. The van der Waals surface area contributed by atoms with Gasteiger partial charge in [0.25, 0.3) is 5.95 Å². The fourth-order valence-electron chi connectivity index (χ4n) is 1.54. The monoisotopic (exact) mass is 317 g/mol. The second-order valence-corrected chi connectivity index (χ2v) is 3.98. The van der Waals surface area contributed by atoms with Gasteiger partial charge in [-0.2, -0.15) is 36.9 Å². The standard InChI is InChI=1S/C12H8F5N5/c13-8-5-9(14)21-11(20-8)22-10(18)19-7-4-2-1-3-6(7)12(15,16)17/h1-5H,(H3,18,19,20,21,22). The summed E-state index contributed by atoms with van der Waals surface area (Å²) >= 11 is 0. The van der Waals surface area contributed by atoms with E-state index in [1.54, 1.807) is 0 Å². The minimum absolute atomic E-state index is 0.367. The summed E-state index contributed by atoms with van der Waals surface area (Å²) in [5.41, 5.74) is 4.06. The number of para-hydroxylation sites is 1. The maximum Gasteiger partial charge on any atom is 0.418 e. The Morgan fingerprint density at radius 1 is 1.09 bits per heavy atom. The van der Waals surface area contributed by atoms with Gasteiger partial charge in [-0.05, 0) is 12.1 Å². The molecule has 10 heteroatoms. The van der Waals surface area contributed by atoms with Crippen LogP contribution in [0.1, 0.15) is 5.56 Å². The van der Waals surface area contributed by atoms with Crippen molar-refractivity contribution in [2.75, 3.05) is 5.32 Å². The van der Waals surface area contributed by atoms with E-state index in [2.05, 4.69) is 20.3 Å². The number of aliphatic imine (C=N–C) groups is 1. The summed E-state index contributed by atoms with van der Waals surface area (Å²) in [5, 5.41) is 2.19. The highest BCUT2D eigenvalue weighted by Gasteiger charge is 2.33. The van der Waals surface area contributed by atoms with Gasteiger partial charge < -0.3 is 11.1 Å². The first-order chi connectivity index (χ1) is 10.3. The van der Waals surface area contributed by atoms with E-state index >= 15 is 0 Å². The van der Waals surface area contributed by atoms with Crippen molar-refractivity contribution in [1.82, 2.24) is 9.97 Å². The van der Waals surface area contributed by atoms with Gasteiger partial charge in [-0.3, -0.25) is 0 Å². The van der Waals surface area contributed by atoms with Gasteiger partial charge >= 0.3 is 6.18 Å². The van der Waals surface area contributed by atoms with Crippen molar-refractivity contribution in [1.29, 1.82) is 0 Å². The SMILES string of the molecule is N/C(=N/c1nc(F)cc(F)n1)Nc1ccccc1C(F)(F)F. The lowest BCUT2D eigenvalue weighted by molar-refractivity contribution is -0.136. The zero-order chi connectivity index (χ0) is 16.3. The van der Waals surface area contributed by atoms with Crippen LogP contribution in [0.25, 0.3) is 0 Å². The predicted octanol–water partition coefficient (Wildman–Crippen LogP) is 2.83. The Bertz CT molecular complexity index is 693. The van der Waals surface area contributed by atoms with Crippen LogP contribution in [0.2, 0.25) is 0 Å². The third kappa shape index (κ3) is 3.87. The molecule has 1 aromatic heterocycles. The molecule has 0 spiro atoms. The molecule has 0 fully saturated rings. The molecule has 1 heterocycles. The van der Waals surface area contributed by atoms with Crippen LogP contribution in [0.3, 0.4) is 0 Å². The lowest BCUT2D eigenvalue weighted by atomic mass is 10.1. The molecule has 0 bridgehead atoms. The predicted molar refractivity (Wildman–Crippen MR) is 68.3 cm³/mol. The molecule has 0 saturated carbocycles. The zero-order valence-electron chi connectivity index (χ0n) is 10.7. The molecule has 0 aliphatic carbocycles. The van der Waals surface area contributed by atoms with Crippen molar-refractivity contribution >= 4 is 17.6 Å². The number of guanidine groups is 1. The lowest BCUT2D eigenvalue weighted by Crippen LogP contribution is -2.24. The van der Waals surface area contributed by atoms with Gasteiger partial charge in [-0.1, -0.05) is 12.1 Å². The smallest absolute Gasteiger partial charge is 0.369 e. The van der Waals surface area contributed by atoms with E-state index in [4.69, 9.17) is 5.73 Å². The molecule has 0 saturated heterocycles. The first kappa shape index (κ1) is 15.6. The van der Waals surface area contributed by atoms with E-state index in [1.165, 1.54) is 12.1 Å². The number of aromatic nitrogens is 2. The van der Waals surface area contributed by atoms with Gasteiger partial charge in [0, 0.05) is 6.07 Å². The van der Waals surface area contributed by atoms with Crippen LogP contribution >= 0.6 is 0 Å². The van der Waals surface area contributed by atoms with E-state index in [0.29, 0.717) is 6.07 Å². The Kier molecular flexibility index (Phi) is 4.20. The van der Waals surface area contributed by atoms with Gasteiger partial charge in [0.05, 0.1) is 11.3 Å². The van der Waals surface area contributed by atoms with Crippen molar-refractivity contribution in [3.8, 4) is 0 Å². The highest BCUT2D eigenvalue weighted by Crippen LogP contribution is 2.34. The highest BCUT2D eigenvalue weighted by molar-refractivity contribution is 5.94. The minimum atomic E-state index is -4.61. The van der Waals surface area contributed by atoms with Crippen LogP contribution in [-0.4, -0.2) is 15.9 Å². The van der Waals surface area contributed by atoms with Crippen LogP contribution in [0.15, 0.2) is 35.3 Å². The Balaban J connectivity index is 2.29. The molecule has 1 aromatic carbocycles. The van der Waals surface area contributed by atoms with E-state index in [1.807, 2.05) is 0 Å². The number of nitrogens with zero attached hydrogens (tertiary/aromatic N) is 3. The van der Waals surface area contributed by atoms with E-state index < -0.39 is 35.5 Å². The molecule has 0 aliphatic rings. The van der Waals surface area contributed by atoms with E-state index in [0.717, 1.165) is 12.1 Å². The van der Waals surface area contributed by atoms with Crippen LogP contribution in [0, 0.1) is 11.9 Å².